The van der Waals surface area contributed by atoms with Crippen molar-refractivity contribution in [3.05, 3.63) is 82.9 Å². The zero-order chi connectivity index (χ0) is 21.0. The second-order valence-corrected chi connectivity index (χ2v) is 8.41. The summed E-state index contributed by atoms with van der Waals surface area (Å²) in [6.07, 6.45) is 2.95. The number of pyridine rings is 1. The van der Waals surface area contributed by atoms with E-state index in [1.54, 1.807) is 24.4 Å². The van der Waals surface area contributed by atoms with Crippen LogP contribution in [0.15, 0.2) is 65.8 Å². The van der Waals surface area contributed by atoms with Crippen molar-refractivity contribution >= 4 is 27.5 Å². The van der Waals surface area contributed by atoms with E-state index in [1.165, 1.54) is 43.6 Å². The molecule has 0 aliphatic carbocycles. The number of carbonyl (C=O) groups is 1. The van der Waals surface area contributed by atoms with Gasteiger partial charge in [-0.2, -0.15) is 0 Å². The summed E-state index contributed by atoms with van der Waals surface area (Å²) in [5.41, 5.74) is 2.08. The topological polar surface area (TPSA) is 88.2 Å². The minimum Gasteiger partial charge on any atom is -0.348 e. The van der Waals surface area contributed by atoms with Crippen molar-refractivity contribution < 1.29 is 17.6 Å². The lowest BCUT2D eigenvalue weighted by Crippen LogP contribution is -2.23. The van der Waals surface area contributed by atoms with E-state index in [-0.39, 0.29) is 22.3 Å². The third-order valence-corrected chi connectivity index (χ3v) is 5.97. The van der Waals surface area contributed by atoms with Crippen LogP contribution in [0.3, 0.4) is 0 Å². The fourth-order valence-electron chi connectivity index (χ4n) is 2.62. The maximum atomic E-state index is 13.4. The van der Waals surface area contributed by atoms with Crippen LogP contribution in [0.5, 0.6) is 0 Å². The quantitative estimate of drug-likeness (QED) is 0.623. The van der Waals surface area contributed by atoms with Crippen LogP contribution in [0.25, 0.3) is 11.1 Å². The number of benzene rings is 2. The van der Waals surface area contributed by atoms with E-state index in [0.29, 0.717) is 22.3 Å². The molecule has 1 aromatic heterocycles. The molecule has 0 fully saturated rings. The molecule has 0 atom stereocenters. The third-order valence-electron chi connectivity index (χ3n) is 4.20. The Balaban J connectivity index is 1.74. The SMILES string of the molecule is CNS(=O)(=O)c1ccc(CNC(=O)c2cncc(-c3cccc(F)c3)c2)c(Cl)c1. The number of hydrogen-bond acceptors (Lipinski definition) is 4. The van der Waals surface area contributed by atoms with E-state index in [9.17, 15) is 17.6 Å². The Bertz CT molecular complexity index is 1170. The lowest BCUT2D eigenvalue weighted by atomic mass is 10.1. The first-order valence-electron chi connectivity index (χ1n) is 8.51. The van der Waals surface area contributed by atoms with Crippen LogP contribution in [0.4, 0.5) is 4.39 Å². The van der Waals surface area contributed by atoms with Gasteiger partial charge in [0.05, 0.1) is 10.5 Å². The molecule has 0 aliphatic rings. The van der Waals surface area contributed by atoms with Gasteiger partial charge >= 0.3 is 0 Å². The molecule has 3 aromatic rings. The molecule has 1 heterocycles. The molecule has 2 N–H and O–H groups in total. The molecule has 1 amide bonds. The van der Waals surface area contributed by atoms with Crippen molar-refractivity contribution in [3.8, 4) is 11.1 Å². The molecule has 9 heteroatoms. The molecule has 0 radical (unpaired) electrons. The van der Waals surface area contributed by atoms with Crippen molar-refractivity contribution in [2.45, 2.75) is 11.4 Å². The van der Waals surface area contributed by atoms with Crippen molar-refractivity contribution in [2.75, 3.05) is 7.05 Å². The van der Waals surface area contributed by atoms with Crippen molar-refractivity contribution in [2.24, 2.45) is 0 Å². The first-order chi connectivity index (χ1) is 13.8. The highest BCUT2D eigenvalue weighted by molar-refractivity contribution is 7.89. The second kappa shape index (κ2) is 8.69. The molecule has 0 spiro atoms. The molecule has 0 unspecified atom stereocenters. The molecule has 3 rings (SSSR count). The Morgan fingerprint density at radius 2 is 1.90 bits per heavy atom. The summed E-state index contributed by atoms with van der Waals surface area (Å²) in [6.45, 7) is 0.0989. The van der Waals surface area contributed by atoms with Crippen molar-refractivity contribution in [1.29, 1.82) is 0 Å². The van der Waals surface area contributed by atoms with Crippen molar-refractivity contribution in [1.82, 2.24) is 15.0 Å². The summed E-state index contributed by atoms with van der Waals surface area (Å²) in [6, 6.07) is 11.9. The number of nitrogens with one attached hydrogen (secondary N) is 2. The average Bonchev–Trinajstić information content (AvgIpc) is 2.72. The summed E-state index contributed by atoms with van der Waals surface area (Å²) >= 11 is 6.15. The number of sulfonamides is 1. The Hall–Kier alpha value is -2.81. The van der Waals surface area contributed by atoms with Gasteiger partial charge in [-0.15, -0.1) is 0 Å². The van der Waals surface area contributed by atoms with Gasteiger partial charge in [-0.1, -0.05) is 29.8 Å². The van der Waals surface area contributed by atoms with Crippen LogP contribution in [0, 0.1) is 5.82 Å². The molecule has 150 valence electrons. The maximum Gasteiger partial charge on any atom is 0.253 e. The molecule has 0 bridgehead atoms. The first kappa shape index (κ1) is 20.9. The zero-order valence-electron chi connectivity index (χ0n) is 15.3. The van der Waals surface area contributed by atoms with Crippen LogP contribution < -0.4 is 10.0 Å². The number of halogens is 2. The maximum absolute atomic E-state index is 13.4. The highest BCUT2D eigenvalue weighted by Gasteiger charge is 2.14. The summed E-state index contributed by atoms with van der Waals surface area (Å²) in [4.78, 5) is 16.6. The van der Waals surface area contributed by atoms with Gasteiger partial charge in [0.2, 0.25) is 10.0 Å². The molecule has 6 nitrogen and oxygen atoms in total. The number of hydrogen-bond donors (Lipinski definition) is 2. The molecule has 0 saturated heterocycles. The van der Waals surface area contributed by atoms with E-state index in [0.717, 1.165) is 0 Å². The molecule has 0 aliphatic heterocycles. The summed E-state index contributed by atoms with van der Waals surface area (Å²) in [7, 11) is -2.29. The van der Waals surface area contributed by atoms with E-state index in [4.69, 9.17) is 11.6 Å². The zero-order valence-corrected chi connectivity index (χ0v) is 16.9. The highest BCUT2D eigenvalue weighted by atomic mass is 35.5. The van der Waals surface area contributed by atoms with Gasteiger partial charge in [0.15, 0.2) is 0 Å². The molecule has 29 heavy (non-hydrogen) atoms. The molecular weight excluding hydrogens is 417 g/mol. The Kier molecular flexibility index (Phi) is 6.26. The van der Waals surface area contributed by atoms with Gasteiger partial charge in [0.1, 0.15) is 5.82 Å². The minimum absolute atomic E-state index is 0.0343. The standard InChI is InChI=1S/C20H17ClFN3O3S/c1-23-29(27,28)18-6-5-14(19(21)9-18)12-25-20(26)16-7-15(10-24-11-16)13-3-2-4-17(22)8-13/h2-11,23H,12H2,1H3,(H,25,26). The normalized spacial score (nSPS) is 11.3. The lowest BCUT2D eigenvalue weighted by Gasteiger charge is -2.10. The first-order valence-corrected chi connectivity index (χ1v) is 10.4. The average molecular weight is 434 g/mol. The van der Waals surface area contributed by atoms with Crippen LogP contribution >= 0.6 is 11.6 Å². The summed E-state index contributed by atoms with van der Waals surface area (Å²) in [5, 5.41) is 2.93. The van der Waals surface area contributed by atoms with E-state index >= 15 is 0 Å². The van der Waals surface area contributed by atoms with Gasteiger partial charge in [-0.25, -0.2) is 17.5 Å². The fourth-order valence-corrected chi connectivity index (χ4v) is 3.69. The van der Waals surface area contributed by atoms with Gasteiger partial charge in [0, 0.05) is 29.5 Å². The van der Waals surface area contributed by atoms with E-state index in [2.05, 4.69) is 15.0 Å². The third kappa shape index (κ3) is 4.97. The van der Waals surface area contributed by atoms with Gasteiger partial charge in [0.25, 0.3) is 5.91 Å². The Labute approximate surface area is 172 Å². The summed E-state index contributed by atoms with van der Waals surface area (Å²) in [5.74, 6) is -0.769. The molecular formula is C20H17ClFN3O3S. The van der Waals surface area contributed by atoms with Crippen LogP contribution in [0.1, 0.15) is 15.9 Å². The van der Waals surface area contributed by atoms with Gasteiger partial charge in [-0.05, 0) is 48.5 Å². The number of aromatic nitrogens is 1. The van der Waals surface area contributed by atoms with E-state index < -0.39 is 15.9 Å². The predicted octanol–water partition coefficient (Wildman–Crippen LogP) is 3.38. The summed E-state index contributed by atoms with van der Waals surface area (Å²) < 4.78 is 39.3. The highest BCUT2D eigenvalue weighted by Crippen LogP contribution is 2.22. The van der Waals surface area contributed by atoms with E-state index in [1.807, 2.05) is 0 Å². The molecule has 2 aromatic carbocycles. The Morgan fingerprint density at radius 1 is 1.10 bits per heavy atom. The van der Waals surface area contributed by atoms with Crippen LogP contribution in [-0.4, -0.2) is 26.4 Å². The van der Waals surface area contributed by atoms with Crippen molar-refractivity contribution in [3.63, 3.8) is 0 Å². The fraction of sp³-hybridized carbons (Fsp3) is 0.100. The lowest BCUT2D eigenvalue weighted by molar-refractivity contribution is 0.0950. The Morgan fingerprint density at radius 3 is 2.59 bits per heavy atom. The van der Waals surface area contributed by atoms with Gasteiger partial charge in [-0.3, -0.25) is 9.78 Å². The smallest absolute Gasteiger partial charge is 0.253 e. The molecule has 0 saturated carbocycles. The largest absolute Gasteiger partial charge is 0.348 e. The van der Waals surface area contributed by atoms with Crippen LogP contribution in [-0.2, 0) is 16.6 Å². The second-order valence-electron chi connectivity index (χ2n) is 6.12. The minimum atomic E-state index is -3.60. The predicted molar refractivity (Wildman–Crippen MR) is 108 cm³/mol. The van der Waals surface area contributed by atoms with Crippen LogP contribution in [0.2, 0.25) is 5.02 Å². The monoisotopic (exact) mass is 433 g/mol. The number of rotatable bonds is 6. The number of carbonyl (C=O) groups excluding carboxylic acids is 1. The number of amides is 1. The number of nitrogens with zero attached hydrogens (tertiary/aromatic N) is 1. The van der Waals surface area contributed by atoms with Gasteiger partial charge < -0.3 is 5.32 Å².